The Labute approximate surface area is 41.0 Å². The molecular formula is H6F6P. The molecule has 3 radical (unpaired) electrons. The lowest BCUT2D eigenvalue weighted by Crippen LogP contribution is -3.00. The van der Waals surface area contributed by atoms with Gasteiger partial charge in [0.15, 0.2) is 0 Å². The molecule has 7 heavy (non-hydrogen) atoms. The largest absolute Gasteiger partial charge is 1.00 e. The van der Waals surface area contributed by atoms with Gasteiger partial charge < -0.3 is 4.70 Å². The van der Waals surface area contributed by atoms with Crippen molar-refractivity contribution >= 4 is 9.90 Å². The summed E-state index contributed by atoms with van der Waals surface area (Å²) in [5.74, 6) is 0. The SMILES string of the molecule is F.F.F.F.F.[F-].[H+].[P]. The lowest BCUT2D eigenvalue weighted by Gasteiger charge is -1.00. The Kier molecular flexibility index (Phi) is 546000000000. The molecule has 7 heteroatoms. The Morgan fingerprint density at radius 1 is 0.571 bits per heavy atom. The van der Waals surface area contributed by atoms with Crippen LogP contribution in [0.3, 0.4) is 0 Å². The molecule has 0 spiro atoms. The number of halogens is 6. The van der Waals surface area contributed by atoms with Gasteiger partial charge in [0.05, 0.1) is 0 Å². The van der Waals surface area contributed by atoms with E-state index in [4.69, 9.17) is 0 Å². The molecule has 0 saturated carbocycles. The molecule has 0 aliphatic heterocycles. The topological polar surface area (TPSA) is 0 Å². The third kappa shape index (κ3) is 966000. The standard InChI is InChI=1S/6FH.P/h6*1H;. The first-order valence-electron chi connectivity index (χ1n) is 0. The lowest BCUT2D eigenvalue weighted by molar-refractivity contribution is -0.00000464. The number of hydrogen-bond donors (Lipinski definition) is 0. The summed E-state index contributed by atoms with van der Waals surface area (Å²) < 4.78 is 0. The van der Waals surface area contributed by atoms with Gasteiger partial charge in [-0.2, -0.15) is 0 Å². The molecule has 53 valence electrons. The van der Waals surface area contributed by atoms with Crippen LogP contribution in [0.5, 0.6) is 0 Å². The average molecular weight is 151 g/mol. The molecule has 0 aliphatic rings. The van der Waals surface area contributed by atoms with Crippen molar-refractivity contribution in [1.82, 2.24) is 0 Å². The van der Waals surface area contributed by atoms with Gasteiger partial charge >= 0.3 is 1.43 Å². The summed E-state index contributed by atoms with van der Waals surface area (Å²) >= 11 is 0. The van der Waals surface area contributed by atoms with Gasteiger partial charge in [-0.3, -0.25) is 23.5 Å². The minimum absolute atomic E-state index is 0. The van der Waals surface area contributed by atoms with Crippen molar-refractivity contribution in [2.24, 2.45) is 0 Å². The van der Waals surface area contributed by atoms with Gasteiger partial charge in [-0.05, 0) is 0 Å². The predicted molar refractivity (Wildman–Crippen MR) is 20.5 cm³/mol. The van der Waals surface area contributed by atoms with E-state index in [0.717, 1.165) is 0 Å². The molecule has 0 aromatic heterocycles. The van der Waals surface area contributed by atoms with Gasteiger partial charge in [0, 0.05) is 9.90 Å². The zero-order valence-electron chi connectivity index (χ0n) is 3.87. The van der Waals surface area contributed by atoms with Gasteiger partial charge in [0.2, 0.25) is 0 Å². The highest BCUT2D eigenvalue weighted by molar-refractivity contribution is 6.92. The molecule has 0 aromatic carbocycles. The quantitative estimate of drug-likeness (QED) is 0.299. The van der Waals surface area contributed by atoms with Crippen LogP contribution in [0.15, 0.2) is 0 Å². The van der Waals surface area contributed by atoms with Crippen molar-refractivity contribution in [3.63, 3.8) is 0 Å². The van der Waals surface area contributed by atoms with Crippen LogP contribution in [0, 0.1) is 0 Å². The van der Waals surface area contributed by atoms with Crippen LogP contribution in [-0.2, 0) is 0 Å². The highest BCUT2D eigenvalue weighted by Gasteiger charge is 0.0000199. The van der Waals surface area contributed by atoms with Crippen LogP contribution < -0.4 is 4.70 Å². The van der Waals surface area contributed by atoms with E-state index in [1.165, 1.54) is 0 Å². The van der Waals surface area contributed by atoms with Crippen LogP contribution in [0.2, 0.25) is 0 Å². The highest BCUT2D eigenvalue weighted by atomic mass is 31.0. The van der Waals surface area contributed by atoms with Gasteiger partial charge in [0.25, 0.3) is 0 Å². The van der Waals surface area contributed by atoms with E-state index in [2.05, 4.69) is 0 Å². The van der Waals surface area contributed by atoms with Crippen LogP contribution in [-0.4, -0.2) is 0 Å². The fourth-order valence-electron chi connectivity index (χ4n) is 0. The number of hydrogen-bond acceptors (Lipinski definition) is 0. The van der Waals surface area contributed by atoms with Gasteiger partial charge in [-0.1, -0.05) is 0 Å². The minimum Gasteiger partial charge on any atom is -1.00 e. The smallest absolute Gasteiger partial charge is 1.00 e. The first-order chi connectivity index (χ1) is 0. The Morgan fingerprint density at radius 2 is 0.571 bits per heavy atom. The van der Waals surface area contributed by atoms with Gasteiger partial charge in [0.1, 0.15) is 0 Å². The van der Waals surface area contributed by atoms with E-state index in [0.29, 0.717) is 0 Å². The molecule has 0 saturated heterocycles. The fraction of sp³-hybridized carbons (Fsp3) is 0. The monoisotopic (exact) mass is 151 g/mol. The van der Waals surface area contributed by atoms with E-state index in [-0.39, 0.29) is 39.6 Å². The van der Waals surface area contributed by atoms with Crippen LogP contribution in [0.25, 0.3) is 0 Å². The molecule has 0 N–H and O–H groups in total. The normalized spacial score (nSPS) is 0. The van der Waals surface area contributed by atoms with Crippen LogP contribution in [0.1, 0.15) is 1.43 Å². The molecule has 0 amide bonds. The number of rotatable bonds is 0. The van der Waals surface area contributed by atoms with Crippen LogP contribution >= 0.6 is 9.90 Å². The van der Waals surface area contributed by atoms with Crippen molar-refractivity contribution in [1.29, 1.82) is 0 Å². The molecule has 0 nitrogen and oxygen atoms in total. The van der Waals surface area contributed by atoms with Crippen molar-refractivity contribution in [3.8, 4) is 0 Å². The summed E-state index contributed by atoms with van der Waals surface area (Å²) in [7, 11) is 0. The second-order valence-electron chi connectivity index (χ2n) is 0. The van der Waals surface area contributed by atoms with Crippen molar-refractivity contribution in [2.45, 2.75) is 0 Å². The molecule has 0 bridgehead atoms. The summed E-state index contributed by atoms with van der Waals surface area (Å²) in [5, 5.41) is 0. The zero-order chi connectivity index (χ0) is 0. The first kappa shape index (κ1) is 2530000. The zero-order valence-corrected chi connectivity index (χ0v) is 3.76. The van der Waals surface area contributed by atoms with E-state index in [1.54, 1.807) is 0 Å². The van der Waals surface area contributed by atoms with Crippen molar-refractivity contribution < 1.29 is 29.7 Å². The Morgan fingerprint density at radius 3 is 0.571 bits per heavy atom. The Balaban J connectivity index is 0. The fourth-order valence-corrected chi connectivity index (χ4v) is 0. The summed E-state index contributed by atoms with van der Waals surface area (Å²) in [6.45, 7) is 0. The molecule has 0 aliphatic carbocycles. The summed E-state index contributed by atoms with van der Waals surface area (Å²) in [6.07, 6.45) is 0. The summed E-state index contributed by atoms with van der Waals surface area (Å²) in [6, 6.07) is 0. The second-order valence-corrected chi connectivity index (χ2v) is 0. The third-order valence-electron chi connectivity index (χ3n) is 0. The van der Waals surface area contributed by atoms with E-state index in [9.17, 15) is 0 Å². The maximum Gasteiger partial charge on any atom is 1.00 e. The molecule has 0 rings (SSSR count). The first-order valence-corrected chi connectivity index (χ1v) is 0. The predicted octanol–water partition coefficient (Wildman–Crippen LogP) is -1.26. The highest BCUT2D eigenvalue weighted by Crippen LogP contribution is 0.861. The van der Waals surface area contributed by atoms with Crippen LogP contribution in [0.4, 0.5) is 23.5 Å². The second kappa shape index (κ2) is 1510000. The Hall–Kier alpha value is 0.01000. The van der Waals surface area contributed by atoms with Gasteiger partial charge in [-0.15, -0.1) is 0 Å². The maximum absolute atomic E-state index is 0. The molecule has 0 aromatic rings. The summed E-state index contributed by atoms with van der Waals surface area (Å²) in [4.78, 5) is 0. The van der Waals surface area contributed by atoms with E-state index < -0.39 is 0 Å². The minimum atomic E-state index is 0. The van der Waals surface area contributed by atoms with E-state index >= 15 is 0 Å². The summed E-state index contributed by atoms with van der Waals surface area (Å²) in [5.41, 5.74) is 0. The molecular weight excluding hydrogens is 145 g/mol. The maximum atomic E-state index is 0. The molecule has 0 heterocycles. The van der Waals surface area contributed by atoms with Crippen molar-refractivity contribution in [2.75, 3.05) is 0 Å². The van der Waals surface area contributed by atoms with Crippen molar-refractivity contribution in [3.05, 3.63) is 0 Å². The molecule has 0 unspecified atom stereocenters. The Bertz CT molecular complexity index is 8.49. The molecule has 0 atom stereocenters. The molecule has 0 fully saturated rings. The van der Waals surface area contributed by atoms with E-state index in [1.807, 2.05) is 0 Å². The van der Waals surface area contributed by atoms with Gasteiger partial charge in [-0.25, -0.2) is 0 Å². The average Bonchev–Trinajstić information content (AvgIpc) is 0. The third-order valence-corrected chi connectivity index (χ3v) is 0. The lowest BCUT2D eigenvalue weighted by atomic mass is 19.0.